The maximum absolute atomic E-state index is 4.34. The molecule has 5 nitrogen and oxygen atoms in total. The maximum Gasteiger partial charge on any atom is 0.195 e. The van der Waals surface area contributed by atoms with Crippen LogP contribution in [0.15, 0.2) is 59.1 Å². The predicted molar refractivity (Wildman–Crippen MR) is 89.4 cm³/mol. The first-order valence-corrected chi connectivity index (χ1v) is 8.88. The number of nitrogens with zero attached hydrogens (tertiary/aromatic N) is 5. The number of benzene rings is 1. The molecule has 0 unspecified atom stereocenters. The molecule has 0 fully saturated rings. The van der Waals surface area contributed by atoms with Gasteiger partial charge in [0.05, 0.1) is 5.75 Å². The number of aromatic nitrogens is 5. The molecule has 0 aliphatic heterocycles. The Kier molecular flexibility index (Phi) is 5.07. The van der Waals surface area contributed by atoms with Crippen molar-refractivity contribution in [2.75, 3.05) is 5.75 Å². The fourth-order valence-corrected chi connectivity index (χ4v) is 3.35. The van der Waals surface area contributed by atoms with Crippen molar-refractivity contribution in [1.29, 1.82) is 0 Å². The van der Waals surface area contributed by atoms with Crippen LogP contribution in [0.3, 0.4) is 0 Å². The van der Waals surface area contributed by atoms with Crippen LogP contribution in [-0.2, 0) is 5.75 Å². The molecular weight excluding hydrogens is 314 g/mol. The number of para-hydroxylation sites is 1. The lowest BCUT2D eigenvalue weighted by Crippen LogP contribution is -2.02. The molecule has 1 aromatic carbocycles. The van der Waals surface area contributed by atoms with Gasteiger partial charge in [-0.1, -0.05) is 48.6 Å². The quantitative estimate of drug-likeness (QED) is 0.510. The van der Waals surface area contributed by atoms with Gasteiger partial charge in [-0.3, -0.25) is 4.57 Å². The molecule has 22 heavy (non-hydrogen) atoms. The molecule has 0 amide bonds. The van der Waals surface area contributed by atoms with Crippen LogP contribution < -0.4 is 0 Å². The fraction of sp³-hybridized carbons (Fsp3) is 0.200. The normalized spacial score (nSPS) is 10.8. The first-order chi connectivity index (χ1) is 10.9. The summed E-state index contributed by atoms with van der Waals surface area (Å²) in [5.74, 6) is 2.54. The number of hydrogen-bond acceptors (Lipinski definition) is 6. The second-order valence-electron chi connectivity index (χ2n) is 4.32. The van der Waals surface area contributed by atoms with Gasteiger partial charge in [-0.15, -0.1) is 10.2 Å². The van der Waals surface area contributed by atoms with Gasteiger partial charge in [-0.25, -0.2) is 9.97 Å². The van der Waals surface area contributed by atoms with Crippen LogP contribution >= 0.6 is 23.5 Å². The third kappa shape index (κ3) is 3.48. The van der Waals surface area contributed by atoms with Crippen molar-refractivity contribution in [1.82, 2.24) is 24.7 Å². The van der Waals surface area contributed by atoms with E-state index >= 15 is 0 Å². The minimum Gasteiger partial charge on any atom is -0.273 e. The Balaban J connectivity index is 1.88. The minimum absolute atomic E-state index is 0.677. The summed E-state index contributed by atoms with van der Waals surface area (Å²) in [6.07, 6.45) is 3.49. The molecule has 0 radical (unpaired) electrons. The molecule has 0 saturated heterocycles. The lowest BCUT2D eigenvalue weighted by molar-refractivity contribution is 0.863. The molecule has 0 spiro atoms. The lowest BCUT2D eigenvalue weighted by Gasteiger charge is -2.09. The summed E-state index contributed by atoms with van der Waals surface area (Å²) in [7, 11) is 0. The zero-order valence-electron chi connectivity index (χ0n) is 12.1. The zero-order chi connectivity index (χ0) is 15.2. The Bertz CT molecular complexity index is 715. The highest BCUT2D eigenvalue weighted by atomic mass is 32.2. The molecule has 7 heteroatoms. The average molecular weight is 329 g/mol. The number of hydrogen-bond donors (Lipinski definition) is 0. The first kappa shape index (κ1) is 15.1. The second kappa shape index (κ2) is 7.42. The van der Waals surface area contributed by atoms with Crippen molar-refractivity contribution >= 4 is 23.5 Å². The Morgan fingerprint density at radius 2 is 1.73 bits per heavy atom. The van der Waals surface area contributed by atoms with Crippen molar-refractivity contribution in [2.24, 2.45) is 0 Å². The maximum atomic E-state index is 4.34. The van der Waals surface area contributed by atoms with Crippen molar-refractivity contribution in [3.63, 3.8) is 0 Å². The summed E-state index contributed by atoms with van der Waals surface area (Å²) in [6.45, 7) is 2.11. The summed E-state index contributed by atoms with van der Waals surface area (Å²) < 4.78 is 2.10. The van der Waals surface area contributed by atoms with E-state index in [2.05, 4.69) is 43.8 Å². The van der Waals surface area contributed by atoms with E-state index in [4.69, 9.17) is 0 Å². The van der Waals surface area contributed by atoms with Gasteiger partial charge in [0.25, 0.3) is 0 Å². The Labute approximate surface area is 137 Å². The van der Waals surface area contributed by atoms with E-state index in [-0.39, 0.29) is 0 Å². The van der Waals surface area contributed by atoms with Crippen LogP contribution in [-0.4, -0.2) is 30.5 Å². The molecule has 2 heterocycles. The molecular formula is C15H15N5S2. The van der Waals surface area contributed by atoms with Gasteiger partial charge in [0.2, 0.25) is 0 Å². The lowest BCUT2D eigenvalue weighted by atomic mass is 10.3. The van der Waals surface area contributed by atoms with Crippen LogP contribution in [0, 0.1) is 0 Å². The number of rotatable bonds is 6. The molecule has 3 aromatic rings. The van der Waals surface area contributed by atoms with E-state index in [0.717, 1.165) is 27.6 Å². The van der Waals surface area contributed by atoms with Gasteiger partial charge in [0.15, 0.2) is 10.3 Å². The molecule has 0 bridgehead atoms. The molecule has 0 aliphatic carbocycles. The molecule has 0 N–H and O–H groups in total. The van der Waals surface area contributed by atoms with Crippen molar-refractivity contribution in [2.45, 2.75) is 23.0 Å². The highest BCUT2D eigenvalue weighted by Crippen LogP contribution is 2.25. The van der Waals surface area contributed by atoms with Gasteiger partial charge in [-0.05, 0) is 24.0 Å². The second-order valence-corrected chi connectivity index (χ2v) is 6.50. The van der Waals surface area contributed by atoms with Crippen molar-refractivity contribution in [3.05, 3.63) is 54.6 Å². The van der Waals surface area contributed by atoms with Gasteiger partial charge in [0.1, 0.15) is 5.82 Å². The van der Waals surface area contributed by atoms with Crippen LogP contribution in [0.1, 0.15) is 12.7 Å². The van der Waals surface area contributed by atoms with Crippen LogP contribution in [0.25, 0.3) is 5.69 Å². The van der Waals surface area contributed by atoms with Gasteiger partial charge in [0, 0.05) is 18.1 Å². The van der Waals surface area contributed by atoms with Gasteiger partial charge >= 0.3 is 0 Å². The van der Waals surface area contributed by atoms with Gasteiger partial charge in [-0.2, -0.15) is 0 Å². The predicted octanol–water partition coefficient (Wildman–Crippen LogP) is 3.46. The molecule has 112 valence electrons. The SMILES string of the molecule is CCSc1nnc(CSc2ncccn2)n1-c1ccccc1. The fourth-order valence-electron chi connectivity index (χ4n) is 1.94. The zero-order valence-corrected chi connectivity index (χ0v) is 13.7. The van der Waals surface area contributed by atoms with E-state index in [1.54, 1.807) is 35.9 Å². The smallest absolute Gasteiger partial charge is 0.195 e. The van der Waals surface area contributed by atoms with E-state index < -0.39 is 0 Å². The molecule has 2 aromatic heterocycles. The summed E-state index contributed by atoms with van der Waals surface area (Å²) in [5.41, 5.74) is 1.08. The van der Waals surface area contributed by atoms with E-state index in [1.165, 1.54) is 0 Å². The molecule has 0 saturated carbocycles. The van der Waals surface area contributed by atoms with E-state index in [9.17, 15) is 0 Å². The topological polar surface area (TPSA) is 56.5 Å². The highest BCUT2D eigenvalue weighted by Gasteiger charge is 2.14. The van der Waals surface area contributed by atoms with Crippen LogP contribution in [0.2, 0.25) is 0 Å². The summed E-state index contributed by atoms with van der Waals surface area (Å²) in [6, 6.07) is 12.0. The average Bonchev–Trinajstić information content (AvgIpc) is 2.98. The Morgan fingerprint density at radius 3 is 2.45 bits per heavy atom. The molecule has 3 rings (SSSR count). The Hall–Kier alpha value is -1.86. The van der Waals surface area contributed by atoms with Crippen LogP contribution in [0.4, 0.5) is 0 Å². The largest absolute Gasteiger partial charge is 0.273 e. The molecule has 0 aliphatic rings. The summed E-state index contributed by atoms with van der Waals surface area (Å²) in [5, 5.41) is 10.3. The summed E-state index contributed by atoms with van der Waals surface area (Å²) >= 11 is 3.25. The highest BCUT2D eigenvalue weighted by molar-refractivity contribution is 7.99. The van der Waals surface area contributed by atoms with E-state index in [1.807, 2.05) is 24.3 Å². The molecule has 0 atom stereocenters. The van der Waals surface area contributed by atoms with Crippen molar-refractivity contribution in [3.8, 4) is 5.69 Å². The van der Waals surface area contributed by atoms with Crippen LogP contribution in [0.5, 0.6) is 0 Å². The first-order valence-electron chi connectivity index (χ1n) is 6.91. The standard InChI is InChI=1S/C15H15N5S2/c1-2-21-15-19-18-13(11-22-14-16-9-6-10-17-14)20(15)12-7-4-3-5-8-12/h3-10H,2,11H2,1H3. The van der Waals surface area contributed by atoms with E-state index in [0.29, 0.717) is 5.75 Å². The Morgan fingerprint density at radius 1 is 0.955 bits per heavy atom. The van der Waals surface area contributed by atoms with Gasteiger partial charge < -0.3 is 0 Å². The minimum atomic E-state index is 0.677. The third-order valence-electron chi connectivity index (χ3n) is 2.86. The number of thioether (sulfide) groups is 2. The van der Waals surface area contributed by atoms with Crippen molar-refractivity contribution < 1.29 is 0 Å². The summed E-state index contributed by atoms with van der Waals surface area (Å²) in [4.78, 5) is 8.46. The third-order valence-corrected chi connectivity index (χ3v) is 4.54. The monoisotopic (exact) mass is 329 g/mol.